The van der Waals surface area contributed by atoms with E-state index in [9.17, 15) is 9.59 Å². The fourth-order valence-electron chi connectivity index (χ4n) is 2.78. The summed E-state index contributed by atoms with van der Waals surface area (Å²) in [5, 5.41) is 7.28. The molecule has 146 valence electrons. The second kappa shape index (κ2) is 7.84. The summed E-state index contributed by atoms with van der Waals surface area (Å²) >= 11 is 1.31. The molecule has 8 heteroatoms. The van der Waals surface area contributed by atoms with Gasteiger partial charge in [-0.05, 0) is 44.2 Å². The van der Waals surface area contributed by atoms with Gasteiger partial charge in [-0.2, -0.15) is 5.10 Å². The number of amides is 1. The highest BCUT2D eigenvalue weighted by molar-refractivity contribution is 7.22. The Kier molecular flexibility index (Phi) is 5.09. The average molecular weight is 406 g/mol. The van der Waals surface area contributed by atoms with Gasteiger partial charge in [-0.15, -0.1) is 0 Å². The largest absolute Gasteiger partial charge is 0.494 e. The van der Waals surface area contributed by atoms with Crippen molar-refractivity contribution in [2.24, 2.45) is 0 Å². The van der Waals surface area contributed by atoms with Crippen LogP contribution in [0, 0.1) is 6.92 Å². The zero-order valence-electron chi connectivity index (χ0n) is 15.9. The Bertz CT molecular complexity index is 1250. The monoisotopic (exact) mass is 406 g/mol. The van der Waals surface area contributed by atoms with Gasteiger partial charge >= 0.3 is 0 Å². The molecule has 0 atom stereocenters. The standard InChI is InChI=1S/C21H18N4O3S/c1-3-28-15-8-9-16-18(12-15)29-21(22-16)23-20(27)19-17(26)10-11-25(24-19)14-6-4-13(2)5-7-14/h4-12H,3H2,1-2H3,(H,22,23,27). The molecule has 29 heavy (non-hydrogen) atoms. The second-order valence-electron chi connectivity index (χ2n) is 6.34. The number of fused-ring (bicyclic) bond motifs is 1. The molecule has 0 fully saturated rings. The first-order chi connectivity index (χ1) is 14.0. The number of anilines is 1. The third-order valence-corrected chi connectivity index (χ3v) is 5.15. The third-order valence-electron chi connectivity index (χ3n) is 4.21. The number of hydrogen-bond acceptors (Lipinski definition) is 6. The number of hydrogen-bond donors (Lipinski definition) is 1. The van der Waals surface area contributed by atoms with Gasteiger partial charge in [0.2, 0.25) is 5.43 Å². The first-order valence-electron chi connectivity index (χ1n) is 9.05. The van der Waals surface area contributed by atoms with Crippen molar-refractivity contribution in [2.45, 2.75) is 13.8 Å². The third kappa shape index (κ3) is 4.02. The number of aryl methyl sites for hydroxylation is 1. The number of aromatic nitrogens is 3. The quantitative estimate of drug-likeness (QED) is 0.545. The van der Waals surface area contributed by atoms with Crippen molar-refractivity contribution in [3.63, 3.8) is 0 Å². The summed E-state index contributed by atoms with van der Waals surface area (Å²) in [6, 6.07) is 14.5. The minimum atomic E-state index is -0.597. The Hall–Kier alpha value is -3.52. The zero-order chi connectivity index (χ0) is 20.4. The summed E-state index contributed by atoms with van der Waals surface area (Å²) in [6.07, 6.45) is 1.54. The SMILES string of the molecule is CCOc1ccc2nc(NC(=O)c3nn(-c4ccc(C)cc4)ccc3=O)sc2c1. The minimum Gasteiger partial charge on any atom is -0.494 e. The molecule has 1 amide bonds. The summed E-state index contributed by atoms with van der Waals surface area (Å²) in [6.45, 7) is 4.47. The molecule has 0 aliphatic rings. The highest BCUT2D eigenvalue weighted by atomic mass is 32.1. The Morgan fingerprint density at radius 1 is 1.17 bits per heavy atom. The fourth-order valence-corrected chi connectivity index (χ4v) is 3.67. The molecule has 2 aromatic carbocycles. The lowest BCUT2D eigenvalue weighted by molar-refractivity contribution is 0.101. The van der Waals surface area contributed by atoms with Gasteiger partial charge in [0.05, 0.1) is 22.5 Å². The van der Waals surface area contributed by atoms with Crippen LogP contribution in [0.15, 0.2) is 59.5 Å². The van der Waals surface area contributed by atoms with Crippen molar-refractivity contribution >= 4 is 32.6 Å². The van der Waals surface area contributed by atoms with Gasteiger partial charge in [-0.1, -0.05) is 29.0 Å². The Labute approximate surface area is 170 Å². The van der Waals surface area contributed by atoms with Gasteiger partial charge in [-0.3, -0.25) is 14.9 Å². The first kappa shape index (κ1) is 18.8. The molecule has 4 aromatic rings. The lowest BCUT2D eigenvalue weighted by atomic mass is 10.2. The topological polar surface area (TPSA) is 86.1 Å². The van der Waals surface area contributed by atoms with Crippen molar-refractivity contribution in [2.75, 3.05) is 11.9 Å². The molecule has 0 saturated carbocycles. The maximum Gasteiger partial charge on any atom is 0.281 e. The summed E-state index contributed by atoms with van der Waals surface area (Å²) < 4.78 is 7.87. The molecule has 0 aliphatic carbocycles. The van der Waals surface area contributed by atoms with Crippen molar-refractivity contribution in [3.05, 3.63) is 76.2 Å². The van der Waals surface area contributed by atoms with E-state index in [0.29, 0.717) is 11.7 Å². The van der Waals surface area contributed by atoms with Crippen LogP contribution in [0.1, 0.15) is 23.0 Å². The maximum absolute atomic E-state index is 12.7. The van der Waals surface area contributed by atoms with Crippen LogP contribution in [0.25, 0.3) is 15.9 Å². The number of rotatable bonds is 5. The predicted molar refractivity (Wildman–Crippen MR) is 113 cm³/mol. The normalized spacial score (nSPS) is 10.8. The number of nitrogens with one attached hydrogen (secondary N) is 1. The van der Waals surface area contributed by atoms with E-state index in [1.54, 1.807) is 0 Å². The molecule has 0 saturated heterocycles. The molecule has 0 bridgehead atoms. The molecule has 0 spiro atoms. The number of ether oxygens (including phenoxy) is 1. The first-order valence-corrected chi connectivity index (χ1v) is 9.87. The van der Waals surface area contributed by atoms with E-state index in [0.717, 1.165) is 27.2 Å². The summed E-state index contributed by atoms with van der Waals surface area (Å²) in [7, 11) is 0. The van der Waals surface area contributed by atoms with Crippen LogP contribution < -0.4 is 15.5 Å². The molecular weight excluding hydrogens is 388 g/mol. The van der Waals surface area contributed by atoms with Crippen molar-refractivity contribution < 1.29 is 9.53 Å². The van der Waals surface area contributed by atoms with Crippen LogP contribution >= 0.6 is 11.3 Å². The van der Waals surface area contributed by atoms with Crippen molar-refractivity contribution in [3.8, 4) is 11.4 Å². The Morgan fingerprint density at radius 2 is 1.97 bits per heavy atom. The number of benzene rings is 2. The molecule has 2 aromatic heterocycles. The van der Waals surface area contributed by atoms with E-state index in [1.165, 1.54) is 28.3 Å². The van der Waals surface area contributed by atoms with E-state index in [1.807, 2.05) is 56.3 Å². The van der Waals surface area contributed by atoms with E-state index in [-0.39, 0.29) is 5.69 Å². The number of carbonyl (C=O) groups excluding carboxylic acids is 1. The van der Waals surface area contributed by atoms with Gasteiger partial charge in [0.25, 0.3) is 5.91 Å². The molecule has 7 nitrogen and oxygen atoms in total. The highest BCUT2D eigenvalue weighted by Gasteiger charge is 2.16. The predicted octanol–water partition coefficient (Wildman–Crippen LogP) is 3.80. The molecule has 2 heterocycles. The lowest BCUT2D eigenvalue weighted by Crippen LogP contribution is -2.25. The lowest BCUT2D eigenvalue weighted by Gasteiger charge is -2.07. The molecular formula is C21H18N4O3S. The van der Waals surface area contributed by atoms with Gasteiger partial charge in [-0.25, -0.2) is 9.67 Å². The molecule has 0 radical (unpaired) electrons. The second-order valence-corrected chi connectivity index (χ2v) is 7.38. The van der Waals surface area contributed by atoms with Crippen LogP contribution in [-0.4, -0.2) is 27.3 Å². The number of nitrogens with zero attached hydrogens (tertiary/aromatic N) is 3. The van der Waals surface area contributed by atoms with Gasteiger partial charge in [0.15, 0.2) is 10.8 Å². The van der Waals surface area contributed by atoms with Gasteiger partial charge < -0.3 is 4.74 Å². The van der Waals surface area contributed by atoms with Gasteiger partial charge in [0.1, 0.15) is 5.75 Å². The summed E-state index contributed by atoms with van der Waals surface area (Å²) in [5.41, 5.74) is 1.96. The van der Waals surface area contributed by atoms with Crippen LogP contribution in [0.5, 0.6) is 5.75 Å². The summed E-state index contributed by atoms with van der Waals surface area (Å²) in [5.74, 6) is 0.146. The molecule has 1 N–H and O–H groups in total. The van der Waals surface area contributed by atoms with Crippen molar-refractivity contribution in [1.29, 1.82) is 0 Å². The highest BCUT2D eigenvalue weighted by Crippen LogP contribution is 2.29. The Morgan fingerprint density at radius 3 is 2.72 bits per heavy atom. The maximum atomic E-state index is 12.7. The zero-order valence-corrected chi connectivity index (χ0v) is 16.7. The molecule has 0 aliphatic heterocycles. The molecule has 0 unspecified atom stereocenters. The van der Waals surface area contributed by atoms with Crippen LogP contribution in [-0.2, 0) is 0 Å². The van der Waals surface area contributed by atoms with Gasteiger partial charge in [0, 0.05) is 12.3 Å². The fraction of sp³-hybridized carbons (Fsp3) is 0.143. The van der Waals surface area contributed by atoms with E-state index in [4.69, 9.17) is 4.74 Å². The Balaban J connectivity index is 1.61. The van der Waals surface area contributed by atoms with Crippen LogP contribution in [0.2, 0.25) is 0 Å². The van der Waals surface area contributed by atoms with E-state index >= 15 is 0 Å². The minimum absolute atomic E-state index is 0.192. The molecule has 4 rings (SSSR count). The summed E-state index contributed by atoms with van der Waals surface area (Å²) in [4.78, 5) is 29.3. The smallest absolute Gasteiger partial charge is 0.281 e. The number of thiazole rings is 1. The van der Waals surface area contributed by atoms with Crippen molar-refractivity contribution in [1.82, 2.24) is 14.8 Å². The van der Waals surface area contributed by atoms with Crippen LogP contribution in [0.3, 0.4) is 0 Å². The number of carbonyl (C=O) groups is 1. The van der Waals surface area contributed by atoms with E-state index < -0.39 is 11.3 Å². The average Bonchev–Trinajstić information content (AvgIpc) is 3.10. The van der Waals surface area contributed by atoms with E-state index in [2.05, 4.69) is 15.4 Å². The van der Waals surface area contributed by atoms with Crippen LogP contribution in [0.4, 0.5) is 5.13 Å².